The standard InChI is InChI=1S/C36H39N5O8/c1-34(2,32(37)44)33-39-30-29(31(43)40-33)38-22-41(30)28-18-47-20-35(19-42,49-28)21-48-36(23-8-6-5-7-9-23,24-10-14-26(45-3)15-11-24)25-12-16-27(46-4)17-13-25/h5-17,22,28,42H,18-21H2,1-4H3,(H2,37,44)(H,39,40,43)/t28-,35+/m1/s1. The first-order chi connectivity index (χ1) is 23.6. The molecule has 0 saturated carbocycles. The molecule has 3 aromatic carbocycles. The van der Waals surface area contributed by atoms with Gasteiger partial charge in [-0.1, -0.05) is 54.6 Å². The predicted molar refractivity (Wildman–Crippen MR) is 179 cm³/mol. The molecule has 1 saturated heterocycles. The number of aromatic nitrogens is 4. The Morgan fingerprint density at radius 3 is 2.14 bits per heavy atom. The molecule has 49 heavy (non-hydrogen) atoms. The number of ether oxygens (including phenoxy) is 5. The van der Waals surface area contributed by atoms with Gasteiger partial charge < -0.3 is 39.5 Å². The normalized spacial score (nSPS) is 18.3. The highest BCUT2D eigenvalue weighted by Crippen LogP contribution is 2.43. The Kier molecular flexibility index (Phi) is 9.27. The lowest BCUT2D eigenvalue weighted by molar-refractivity contribution is -0.259. The minimum Gasteiger partial charge on any atom is -0.497 e. The van der Waals surface area contributed by atoms with E-state index in [0.29, 0.717) is 11.5 Å². The van der Waals surface area contributed by atoms with Crippen molar-refractivity contribution in [3.8, 4) is 11.5 Å². The Morgan fingerprint density at radius 2 is 1.59 bits per heavy atom. The zero-order valence-corrected chi connectivity index (χ0v) is 27.7. The van der Waals surface area contributed by atoms with E-state index >= 15 is 0 Å². The van der Waals surface area contributed by atoms with Gasteiger partial charge in [0.2, 0.25) is 5.91 Å². The Morgan fingerprint density at radius 1 is 1.00 bits per heavy atom. The fraction of sp³-hybridized carbons (Fsp3) is 0.333. The summed E-state index contributed by atoms with van der Waals surface area (Å²) in [6.07, 6.45) is 0.556. The van der Waals surface area contributed by atoms with Crippen molar-refractivity contribution in [2.75, 3.05) is 40.6 Å². The highest BCUT2D eigenvalue weighted by atomic mass is 16.6. The van der Waals surface area contributed by atoms with Crippen molar-refractivity contribution in [3.05, 3.63) is 118 Å². The molecule has 5 aromatic rings. The van der Waals surface area contributed by atoms with E-state index in [1.165, 1.54) is 6.33 Å². The molecular weight excluding hydrogens is 630 g/mol. The van der Waals surface area contributed by atoms with Gasteiger partial charge in [-0.25, -0.2) is 9.97 Å². The Hall–Kier alpha value is -5.08. The summed E-state index contributed by atoms with van der Waals surface area (Å²) in [6.45, 7) is 2.64. The zero-order valence-electron chi connectivity index (χ0n) is 27.7. The van der Waals surface area contributed by atoms with E-state index in [2.05, 4.69) is 15.0 Å². The molecule has 0 radical (unpaired) electrons. The lowest BCUT2D eigenvalue weighted by atomic mass is 9.79. The van der Waals surface area contributed by atoms with Crippen LogP contribution in [0.1, 0.15) is 42.6 Å². The lowest BCUT2D eigenvalue weighted by Gasteiger charge is -2.43. The van der Waals surface area contributed by atoms with Crippen LogP contribution < -0.4 is 20.8 Å². The highest BCUT2D eigenvalue weighted by molar-refractivity contribution is 5.85. The number of nitrogens with zero attached hydrogens (tertiary/aromatic N) is 3. The number of benzene rings is 3. The number of hydrogen-bond donors (Lipinski definition) is 3. The molecule has 6 rings (SSSR count). The molecule has 1 fully saturated rings. The van der Waals surface area contributed by atoms with Crippen LogP contribution >= 0.6 is 0 Å². The fourth-order valence-corrected chi connectivity index (χ4v) is 5.91. The summed E-state index contributed by atoms with van der Waals surface area (Å²) in [4.78, 5) is 36.6. The first-order valence-corrected chi connectivity index (χ1v) is 15.7. The monoisotopic (exact) mass is 669 g/mol. The number of fused-ring (bicyclic) bond motifs is 1. The minimum absolute atomic E-state index is 0.0106. The van der Waals surface area contributed by atoms with Crippen molar-refractivity contribution in [2.24, 2.45) is 5.73 Å². The minimum atomic E-state index is -1.35. The van der Waals surface area contributed by atoms with Gasteiger partial charge in [-0.05, 0) is 54.8 Å². The van der Waals surface area contributed by atoms with Crippen LogP contribution in [-0.2, 0) is 30.0 Å². The number of methoxy groups -OCH3 is 2. The molecule has 4 N–H and O–H groups in total. The molecule has 1 amide bonds. The third-order valence-electron chi connectivity index (χ3n) is 8.98. The second-order valence-electron chi connectivity index (χ2n) is 12.4. The molecule has 0 aliphatic carbocycles. The number of amides is 1. The smallest absolute Gasteiger partial charge is 0.279 e. The summed E-state index contributed by atoms with van der Waals surface area (Å²) in [6, 6.07) is 25.0. The molecule has 3 heterocycles. The molecule has 2 atom stereocenters. The van der Waals surface area contributed by atoms with Crippen molar-refractivity contribution in [1.29, 1.82) is 0 Å². The average Bonchev–Trinajstić information content (AvgIpc) is 3.58. The predicted octanol–water partition coefficient (Wildman–Crippen LogP) is 3.18. The molecule has 1 aliphatic rings. The van der Waals surface area contributed by atoms with Crippen LogP contribution in [0.25, 0.3) is 11.2 Å². The third-order valence-corrected chi connectivity index (χ3v) is 8.98. The molecule has 13 heteroatoms. The van der Waals surface area contributed by atoms with E-state index < -0.39 is 40.9 Å². The molecular formula is C36H39N5O8. The van der Waals surface area contributed by atoms with Crippen molar-refractivity contribution < 1.29 is 33.6 Å². The van der Waals surface area contributed by atoms with Crippen LogP contribution in [-0.4, -0.2) is 76.8 Å². The van der Waals surface area contributed by atoms with Gasteiger partial charge in [0.25, 0.3) is 5.56 Å². The van der Waals surface area contributed by atoms with Crippen molar-refractivity contribution >= 4 is 17.1 Å². The largest absolute Gasteiger partial charge is 0.497 e. The summed E-state index contributed by atoms with van der Waals surface area (Å²) in [5.74, 6) is 0.785. The molecule has 0 spiro atoms. The average molecular weight is 670 g/mol. The van der Waals surface area contributed by atoms with Gasteiger partial charge in [-0.15, -0.1) is 0 Å². The van der Waals surface area contributed by atoms with E-state index in [1.54, 1.807) is 32.6 Å². The van der Waals surface area contributed by atoms with Gasteiger partial charge in [0.1, 0.15) is 33.9 Å². The van der Waals surface area contributed by atoms with Gasteiger partial charge >= 0.3 is 0 Å². The van der Waals surface area contributed by atoms with Crippen LogP contribution in [0.15, 0.2) is 90.0 Å². The summed E-state index contributed by atoms with van der Waals surface area (Å²) < 4.78 is 32.1. The van der Waals surface area contributed by atoms with Gasteiger partial charge in [0.15, 0.2) is 17.4 Å². The van der Waals surface area contributed by atoms with Crippen LogP contribution in [0.5, 0.6) is 11.5 Å². The van der Waals surface area contributed by atoms with E-state index in [4.69, 9.17) is 29.4 Å². The van der Waals surface area contributed by atoms with Gasteiger partial charge in [-0.3, -0.25) is 14.2 Å². The second kappa shape index (κ2) is 13.4. The van der Waals surface area contributed by atoms with Crippen LogP contribution in [0.3, 0.4) is 0 Å². The maximum absolute atomic E-state index is 13.0. The van der Waals surface area contributed by atoms with E-state index in [0.717, 1.165) is 16.7 Å². The first-order valence-electron chi connectivity index (χ1n) is 15.7. The Balaban J connectivity index is 1.41. The number of aliphatic hydroxyl groups is 1. The number of rotatable bonds is 12. The fourth-order valence-electron chi connectivity index (χ4n) is 5.91. The summed E-state index contributed by atoms with van der Waals surface area (Å²) in [5.41, 5.74) is 3.94. The van der Waals surface area contributed by atoms with E-state index in [-0.39, 0.29) is 36.8 Å². The number of carbonyl (C=O) groups excluding carboxylic acids is 1. The Labute approximate surface area is 282 Å². The van der Waals surface area contributed by atoms with Gasteiger partial charge in [0.05, 0.1) is 47.0 Å². The third kappa shape index (κ3) is 6.17. The number of aromatic amines is 1. The summed E-state index contributed by atoms with van der Waals surface area (Å²) in [5, 5.41) is 10.9. The molecule has 13 nitrogen and oxygen atoms in total. The molecule has 2 aromatic heterocycles. The van der Waals surface area contributed by atoms with E-state index in [1.807, 2.05) is 78.9 Å². The highest BCUT2D eigenvalue weighted by Gasteiger charge is 2.45. The van der Waals surface area contributed by atoms with Crippen molar-refractivity contribution in [3.63, 3.8) is 0 Å². The quantitative estimate of drug-likeness (QED) is 0.168. The molecule has 256 valence electrons. The lowest BCUT2D eigenvalue weighted by Crippen LogP contribution is -2.53. The number of aliphatic hydroxyl groups excluding tert-OH is 1. The number of nitrogens with two attached hydrogens (primary N) is 1. The number of hydrogen-bond acceptors (Lipinski definition) is 10. The van der Waals surface area contributed by atoms with Crippen LogP contribution in [0, 0.1) is 0 Å². The maximum atomic E-state index is 13.0. The van der Waals surface area contributed by atoms with Gasteiger partial charge in [0, 0.05) is 0 Å². The number of imidazole rings is 1. The summed E-state index contributed by atoms with van der Waals surface area (Å²) >= 11 is 0. The topological polar surface area (TPSA) is 173 Å². The molecule has 1 aliphatic heterocycles. The number of H-pyrrole nitrogens is 1. The Bertz CT molecular complexity index is 1930. The van der Waals surface area contributed by atoms with Crippen molar-refractivity contribution in [1.82, 2.24) is 19.5 Å². The van der Waals surface area contributed by atoms with E-state index in [9.17, 15) is 14.7 Å². The van der Waals surface area contributed by atoms with Crippen LogP contribution in [0.2, 0.25) is 0 Å². The molecule has 0 unspecified atom stereocenters. The second-order valence-corrected chi connectivity index (χ2v) is 12.4. The first kappa shape index (κ1) is 33.8. The maximum Gasteiger partial charge on any atom is 0.279 e. The SMILES string of the molecule is COc1ccc(C(OC[C@]2(CO)COC[C@H](n3cnc4c(=O)[nH]c(C(C)(C)C(N)=O)nc43)O2)(c2ccccc2)c2ccc(OC)cc2)cc1. The molecule has 0 bridgehead atoms. The van der Waals surface area contributed by atoms with Crippen LogP contribution in [0.4, 0.5) is 0 Å². The zero-order chi connectivity index (χ0) is 34.8. The number of carbonyl (C=O) groups is 1. The number of nitrogens with one attached hydrogen (secondary N) is 1. The number of primary amides is 1. The van der Waals surface area contributed by atoms with Crippen molar-refractivity contribution in [2.45, 2.75) is 36.7 Å². The summed E-state index contributed by atoms with van der Waals surface area (Å²) in [7, 11) is 3.21. The van der Waals surface area contributed by atoms with Gasteiger partial charge in [-0.2, -0.15) is 0 Å².